The van der Waals surface area contributed by atoms with Crippen LogP contribution in [0.1, 0.15) is 5.56 Å². The van der Waals surface area contributed by atoms with E-state index in [-0.39, 0.29) is 14.9 Å². The summed E-state index contributed by atoms with van der Waals surface area (Å²) in [7, 11) is -3.85. The van der Waals surface area contributed by atoms with Crippen molar-refractivity contribution in [3.05, 3.63) is 44.5 Å². The smallest absolute Gasteiger partial charge is 0.271 e. The summed E-state index contributed by atoms with van der Waals surface area (Å²) in [5.74, 6) is -0.719. The maximum atomic E-state index is 13.6. The molecule has 0 saturated heterocycles. The molecule has 0 bridgehead atoms. The van der Waals surface area contributed by atoms with Crippen molar-refractivity contribution in [2.45, 2.75) is 11.1 Å². The van der Waals surface area contributed by atoms with Gasteiger partial charge in [-0.2, -0.15) is 0 Å². The van der Waals surface area contributed by atoms with Crippen molar-refractivity contribution in [1.29, 1.82) is 0 Å². The molecule has 0 aliphatic heterocycles. The van der Waals surface area contributed by atoms with Gasteiger partial charge in [0.2, 0.25) is 0 Å². The number of aryl methyl sites for hydroxylation is 1. The molecule has 8 heteroatoms. The van der Waals surface area contributed by atoms with Crippen molar-refractivity contribution in [2.75, 3.05) is 4.72 Å². The Morgan fingerprint density at radius 3 is 2.63 bits per heavy atom. The van der Waals surface area contributed by atoms with E-state index in [1.165, 1.54) is 18.2 Å². The molecule has 0 aliphatic carbocycles. The van der Waals surface area contributed by atoms with Crippen molar-refractivity contribution in [2.24, 2.45) is 0 Å². The van der Waals surface area contributed by atoms with Gasteiger partial charge in [0.25, 0.3) is 10.0 Å². The third-order valence-corrected chi connectivity index (χ3v) is 6.57. The normalized spacial score (nSPS) is 11.6. The molecular formula is C11H8BrClFNO2S2. The summed E-state index contributed by atoms with van der Waals surface area (Å²) in [4.78, 5) is 0. The second kappa shape index (κ2) is 5.40. The van der Waals surface area contributed by atoms with Crippen LogP contribution < -0.4 is 4.72 Å². The van der Waals surface area contributed by atoms with Crippen LogP contribution in [0.3, 0.4) is 0 Å². The van der Waals surface area contributed by atoms with Crippen molar-refractivity contribution >= 4 is 54.6 Å². The van der Waals surface area contributed by atoms with Gasteiger partial charge in [0, 0.05) is 0 Å². The maximum absolute atomic E-state index is 13.6. The van der Waals surface area contributed by atoms with Gasteiger partial charge in [0.05, 0.1) is 8.81 Å². The van der Waals surface area contributed by atoms with Crippen LogP contribution in [0.4, 0.5) is 10.1 Å². The second-order valence-electron chi connectivity index (χ2n) is 3.72. The second-order valence-corrected chi connectivity index (χ2v) is 8.41. The molecule has 2 aromatic rings. The number of hydrogen-bond acceptors (Lipinski definition) is 3. The van der Waals surface area contributed by atoms with E-state index in [0.717, 1.165) is 23.0 Å². The minimum absolute atomic E-state index is 0.0101. The standard InChI is InChI=1S/C11H8BrClFNO2S2/c1-6-5-9(18-11(6)12)19(16,17)15-10-7(13)3-2-4-8(10)14/h2-5,15H,1H3. The predicted molar refractivity (Wildman–Crippen MR) is 79.0 cm³/mol. The SMILES string of the molecule is Cc1cc(S(=O)(=O)Nc2c(F)cccc2Cl)sc1Br. The van der Waals surface area contributed by atoms with Gasteiger partial charge >= 0.3 is 0 Å². The largest absolute Gasteiger partial charge is 0.274 e. The van der Waals surface area contributed by atoms with Crippen molar-refractivity contribution in [3.63, 3.8) is 0 Å². The van der Waals surface area contributed by atoms with E-state index in [1.807, 2.05) is 0 Å². The summed E-state index contributed by atoms with van der Waals surface area (Å²) < 4.78 is 40.8. The molecule has 3 nitrogen and oxygen atoms in total. The number of hydrogen-bond donors (Lipinski definition) is 1. The molecule has 0 spiro atoms. The molecule has 0 amide bonds. The van der Waals surface area contributed by atoms with Crippen molar-refractivity contribution in [1.82, 2.24) is 0 Å². The zero-order valence-electron chi connectivity index (χ0n) is 9.58. The van der Waals surface area contributed by atoms with E-state index in [1.54, 1.807) is 6.92 Å². The highest BCUT2D eigenvalue weighted by molar-refractivity contribution is 9.11. The lowest BCUT2D eigenvalue weighted by molar-refractivity contribution is 0.600. The molecule has 1 heterocycles. The Balaban J connectivity index is 2.42. The zero-order valence-corrected chi connectivity index (χ0v) is 13.6. The average molecular weight is 385 g/mol. The van der Waals surface area contributed by atoms with Crippen LogP contribution in [0.5, 0.6) is 0 Å². The summed E-state index contributed by atoms with van der Waals surface area (Å²) in [5.41, 5.74) is 0.552. The van der Waals surface area contributed by atoms with E-state index < -0.39 is 15.8 Å². The Bertz CT molecular complexity index is 691. The Morgan fingerprint density at radius 2 is 2.11 bits per heavy atom. The molecule has 0 aliphatic rings. The first kappa shape index (κ1) is 14.8. The first-order chi connectivity index (χ1) is 8.81. The van der Waals surface area contributed by atoms with Crippen LogP contribution in [0.15, 0.2) is 32.3 Å². The van der Waals surface area contributed by atoms with Gasteiger partial charge in [-0.15, -0.1) is 11.3 Å². The summed E-state index contributed by atoms with van der Waals surface area (Å²) in [5, 5.41) is 0.0101. The van der Waals surface area contributed by atoms with Gasteiger partial charge in [-0.1, -0.05) is 17.7 Å². The zero-order chi connectivity index (χ0) is 14.2. The van der Waals surface area contributed by atoms with Crippen LogP contribution in [0.25, 0.3) is 0 Å². The van der Waals surface area contributed by atoms with Gasteiger partial charge in [0.15, 0.2) is 0 Å². The first-order valence-corrected chi connectivity index (χ1v) is 8.51. The fraction of sp³-hybridized carbons (Fsp3) is 0.0909. The van der Waals surface area contributed by atoms with Crippen LogP contribution in [0.2, 0.25) is 5.02 Å². The van der Waals surface area contributed by atoms with E-state index in [4.69, 9.17) is 11.6 Å². The van der Waals surface area contributed by atoms with Crippen LogP contribution in [0, 0.1) is 12.7 Å². The fourth-order valence-electron chi connectivity index (χ4n) is 1.34. The van der Waals surface area contributed by atoms with E-state index in [0.29, 0.717) is 3.79 Å². The Hall–Kier alpha value is -0.630. The van der Waals surface area contributed by atoms with E-state index in [2.05, 4.69) is 20.7 Å². The number of benzene rings is 1. The van der Waals surface area contributed by atoms with Gasteiger partial charge in [0.1, 0.15) is 15.7 Å². The highest BCUT2D eigenvalue weighted by Crippen LogP contribution is 2.33. The number of nitrogens with one attached hydrogen (secondary N) is 1. The third-order valence-electron chi connectivity index (χ3n) is 2.30. The van der Waals surface area contributed by atoms with Crippen molar-refractivity contribution < 1.29 is 12.8 Å². The molecule has 19 heavy (non-hydrogen) atoms. The van der Waals surface area contributed by atoms with E-state index >= 15 is 0 Å². The number of para-hydroxylation sites is 1. The van der Waals surface area contributed by atoms with Gasteiger partial charge in [-0.25, -0.2) is 12.8 Å². The topological polar surface area (TPSA) is 46.2 Å². The number of rotatable bonds is 3. The number of sulfonamides is 1. The molecule has 1 N–H and O–H groups in total. The minimum Gasteiger partial charge on any atom is -0.274 e. The predicted octanol–water partition coefficient (Wildman–Crippen LogP) is 4.41. The van der Waals surface area contributed by atoms with E-state index in [9.17, 15) is 12.8 Å². The lowest BCUT2D eigenvalue weighted by atomic mass is 10.3. The van der Waals surface area contributed by atoms with Gasteiger partial charge < -0.3 is 0 Å². The lowest BCUT2D eigenvalue weighted by Crippen LogP contribution is -2.13. The molecule has 0 unspecified atom stereocenters. The average Bonchev–Trinajstić information content (AvgIpc) is 2.66. The summed E-state index contributed by atoms with van der Waals surface area (Å²) in [6, 6.07) is 5.46. The molecule has 102 valence electrons. The number of halogens is 3. The number of anilines is 1. The summed E-state index contributed by atoms with van der Waals surface area (Å²) in [6.45, 7) is 1.77. The van der Waals surface area contributed by atoms with Crippen LogP contribution in [-0.2, 0) is 10.0 Å². The summed E-state index contributed by atoms with van der Waals surface area (Å²) in [6.07, 6.45) is 0. The minimum atomic E-state index is -3.85. The molecule has 1 aromatic heterocycles. The van der Waals surface area contributed by atoms with Gasteiger partial charge in [-0.3, -0.25) is 4.72 Å². The Labute approximate surface area is 127 Å². The third kappa shape index (κ3) is 3.10. The Morgan fingerprint density at radius 1 is 1.42 bits per heavy atom. The highest BCUT2D eigenvalue weighted by atomic mass is 79.9. The first-order valence-electron chi connectivity index (χ1n) is 5.04. The van der Waals surface area contributed by atoms with Crippen LogP contribution in [-0.4, -0.2) is 8.42 Å². The highest BCUT2D eigenvalue weighted by Gasteiger charge is 2.21. The molecular weight excluding hydrogens is 377 g/mol. The monoisotopic (exact) mass is 383 g/mol. The van der Waals surface area contributed by atoms with Crippen molar-refractivity contribution in [3.8, 4) is 0 Å². The van der Waals surface area contributed by atoms with Crippen LogP contribution >= 0.6 is 38.9 Å². The molecule has 0 fully saturated rings. The molecule has 0 atom stereocenters. The fourth-order valence-corrected chi connectivity index (χ4v) is 4.92. The Kier molecular flexibility index (Phi) is 4.20. The molecule has 0 saturated carbocycles. The summed E-state index contributed by atoms with van der Waals surface area (Å²) >= 11 is 10.1. The van der Waals surface area contributed by atoms with Gasteiger partial charge in [-0.05, 0) is 46.6 Å². The quantitative estimate of drug-likeness (QED) is 0.852. The molecule has 2 rings (SSSR count). The molecule has 1 aromatic carbocycles. The lowest BCUT2D eigenvalue weighted by Gasteiger charge is -2.08. The number of thiophene rings is 1. The molecule has 0 radical (unpaired) electrons. The maximum Gasteiger partial charge on any atom is 0.271 e.